The predicted octanol–water partition coefficient (Wildman–Crippen LogP) is 1.44. The number of nitro benzene ring substituents is 1. The Kier molecular flexibility index (Phi) is 5.35. The summed E-state index contributed by atoms with van der Waals surface area (Å²) < 4.78 is 4.70. The number of aromatic hydroxyl groups is 1. The zero-order chi connectivity index (χ0) is 18.6. The Hall–Kier alpha value is -3.40. The fraction of sp³-hybridized carbons (Fsp3) is 0.0714. The Morgan fingerprint density at radius 1 is 1.32 bits per heavy atom. The number of halogens is 1. The second-order valence-corrected chi connectivity index (χ2v) is 5.07. The third-order valence-electron chi connectivity index (χ3n) is 2.83. The molecule has 0 saturated carbocycles. The van der Waals surface area contributed by atoms with Crippen LogP contribution in [0, 0.1) is 10.1 Å². The molecule has 0 aliphatic rings. The lowest BCUT2D eigenvalue weighted by molar-refractivity contribution is -0.384. The van der Waals surface area contributed by atoms with E-state index >= 15 is 0 Å². The van der Waals surface area contributed by atoms with Crippen LogP contribution in [0.3, 0.4) is 0 Å². The van der Waals surface area contributed by atoms with Crippen molar-refractivity contribution in [3.05, 3.63) is 61.4 Å². The summed E-state index contributed by atoms with van der Waals surface area (Å²) in [4.78, 5) is 46.7. The molecule has 0 saturated heterocycles. The number of anilines is 1. The average molecular weight is 368 g/mol. The number of rotatable bonds is 5. The van der Waals surface area contributed by atoms with E-state index in [0.717, 1.165) is 18.2 Å². The van der Waals surface area contributed by atoms with Crippen LogP contribution in [-0.2, 0) is 9.53 Å². The van der Waals surface area contributed by atoms with Crippen molar-refractivity contribution in [1.29, 1.82) is 0 Å². The summed E-state index contributed by atoms with van der Waals surface area (Å²) in [5, 5.41) is 22.2. The molecule has 11 heteroatoms. The largest absolute Gasteiger partial charge is 0.494 e. The van der Waals surface area contributed by atoms with E-state index in [0.29, 0.717) is 0 Å². The minimum Gasteiger partial charge on any atom is -0.494 e. The van der Waals surface area contributed by atoms with E-state index in [-0.39, 0.29) is 16.3 Å². The zero-order valence-electron chi connectivity index (χ0n) is 12.3. The second-order valence-electron chi connectivity index (χ2n) is 4.67. The number of carbonyl (C=O) groups excluding carboxylic acids is 2. The van der Waals surface area contributed by atoms with Gasteiger partial charge in [-0.25, -0.2) is 4.79 Å². The number of H-pyrrole nitrogens is 1. The second kappa shape index (κ2) is 7.45. The Balaban J connectivity index is 1.99. The van der Waals surface area contributed by atoms with Crippen molar-refractivity contribution in [2.75, 3.05) is 11.9 Å². The average Bonchev–Trinajstić information content (AvgIpc) is 2.53. The number of nitrogens with zero attached hydrogens (tertiary/aromatic N) is 1. The molecule has 1 aromatic heterocycles. The van der Waals surface area contributed by atoms with Crippen LogP contribution in [-0.4, -0.2) is 33.5 Å². The first-order chi connectivity index (χ1) is 11.8. The molecule has 2 rings (SSSR count). The molecule has 1 heterocycles. The molecule has 0 spiro atoms. The number of aromatic amines is 1. The molecule has 1 aromatic carbocycles. The number of esters is 1. The maximum absolute atomic E-state index is 11.7. The molecule has 3 N–H and O–H groups in total. The SMILES string of the molecule is O=C(COC(=O)c1cc(O)[nH]c(=O)c1)Nc1ccc(Cl)c([N+](=O)[O-])c1. The molecule has 0 aliphatic heterocycles. The van der Waals surface area contributed by atoms with E-state index in [9.17, 15) is 29.6 Å². The predicted molar refractivity (Wildman–Crippen MR) is 85.7 cm³/mol. The number of carbonyl (C=O) groups is 2. The maximum atomic E-state index is 11.7. The number of pyridine rings is 1. The van der Waals surface area contributed by atoms with Crippen molar-refractivity contribution in [2.24, 2.45) is 0 Å². The lowest BCUT2D eigenvalue weighted by atomic mass is 10.2. The van der Waals surface area contributed by atoms with Gasteiger partial charge >= 0.3 is 5.97 Å². The summed E-state index contributed by atoms with van der Waals surface area (Å²) in [7, 11) is 0. The van der Waals surface area contributed by atoms with Gasteiger partial charge in [0.25, 0.3) is 17.2 Å². The minimum atomic E-state index is -1.00. The number of benzene rings is 1. The van der Waals surface area contributed by atoms with Crippen LogP contribution in [0.25, 0.3) is 0 Å². The van der Waals surface area contributed by atoms with E-state index in [1.807, 2.05) is 4.98 Å². The molecule has 2 aromatic rings. The van der Waals surface area contributed by atoms with Crippen LogP contribution in [0.4, 0.5) is 11.4 Å². The quantitative estimate of drug-likeness (QED) is 0.410. The van der Waals surface area contributed by atoms with E-state index in [4.69, 9.17) is 16.3 Å². The summed E-state index contributed by atoms with van der Waals surface area (Å²) in [5.41, 5.74) is -1.26. The molecule has 130 valence electrons. The van der Waals surface area contributed by atoms with Crippen LogP contribution in [0.2, 0.25) is 5.02 Å². The highest BCUT2D eigenvalue weighted by Crippen LogP contribution is 2.27. The molecular formula is C14H10ClN3O7. The summed E-state index contributed by atoms with van der Waals surface area (Å²) in [6.45, 7) is -0.706. The number of ether oxygens (including phenoxy) is 1. The molecule has 0 aliphatic carbocycles. The highest BCUT2D eigenvalue weighted by Gasteiger charge is 2.15. The molecule has 25 heavy (non-hydrogen) atoms. The van der Waals surface area contributed by atoms with Gasteiger partial charge in [0.2, 0.25) is 0 Å². The van der Waals surface area contributed by atoms with Crippen LogP contribution in [0.15, 0.2) is 35.1 Å². The molecule has 0 bridgehead atoms. The Morgan fingerprint density at radius 2 is 2.04 bits per heavy atom. The van der Waals surface area contributed by atoms with Crippen LogP contribution < -0.4 is 10.9 Å². The number of nitro groups is 1. The van der Waals surface area contributed by atoms with Gasteiger partial charge in [-0.3, -0.25) is 24.7 Å². The first kappa shape index (κ1) is 17.9. The van der Waals surface area contributed by atoms with Crippen molar-refractivity contribution < 1.29 is 24.4 Å². The van der Waals surface area contributed by atoms with Crippen molar-refractivity contribution in [3.8, 4) is 5.88 Å². The van der Waals surface area contributed by atoms with Gasteiger partial charge in [0.1, 0.15) is 5.02 Å². The van der Waals surface area contributed by atoms with Gasteiger partial charge in [-0.1, -0.05) is 11.6 Å². The fourth-order valence-electron chi connectivity index (χ4n) is 1.79. The van der Waals surface area contributed by atoms with Crippen molar-refractivity contribution >= 4 is 34.9 Å². The zero-order valence-corrected chi connectivity index (χ0v) is 13.1. The van der Waals surface area contributed by atoms with Gasteiger partial charge in [-0.2, -0.15) is 0 Å². The third-order valence-corrected chi connectivity index (χ3v) is 3.15. The molecule has 0 fully saturated rings. The lowest BCUT2D eigenvalue weighted by Crippen LogP contribution is -2.21. The monoisotopic (exact) mass is 367 g/mol. The van der Waals surface area contributed by atoms with E-state index in [1.54, 1.807) is 0 Å². The molecule has 1 amide bonds. The first-order valence-corrected chi connectivity index (χ1v) is 6.98. The van der Waals surface area contributed by atoms with Gasteiger partial charge in [-0.15, -0.1) is 0 Å². The summed E-state index contributed by atoms with van der Waals surface area (Å²) in [5.74, 6) is -2.30. The summed E-state index contributed by atoms with van der Waals surface area (Å²) in [6, 6.07) is 5.48. The first-order valence-electron chi connectivity index (χ1n) is 6.60. The summed E-state index contributed by atoms with van der Waals surface area (Å²) >= 11 is 5.65. The number of hydrogen-bond donors (Lipinski definition) is 3. The normalized spacial score (nSPS) is 10.1. The van der Waals surface area contributed by atoms with Crippen LogP contribution in [0.5, 0.6) is 5.88 Å². The van der Waals surface area contributed by atoms with E-state index in [2.05, 4.69) is 5.32 Å². The standard InChI is InChI=1S/C14H10ClN3O7/c15-9-2-1-8(5-10(9)18(23)24)16-13(21)6-25-14(22)7-3-11(19)17-12(20)4-7/h1-5H,6H2,(H,16,21)(H2,17,19,20). The summed E-state index contributed by atoms with van der Waals surface area (Å²) in [6.07, 6.45) is 0. The van der Waals surface area contributed by atoms with Gasteiger partial charge in [0.15, 0.2) is 12.5 Å². The lowest BCUT2D eigenvalue weighted by Gasteiger charge is -2.07. The topological polar surface area (TPSA) is 152 Å². The Morgan fingerprint density at radius 3 is 2.68 bits per heavy atom. The van der Waals surface area contributed by atoms with Crippen molar-refractivity contribution in [2.45, 2.75) is 0 Å². The number of nitrogens with one attached hydrogen (secondary N) is 2. The Bertz CT molecular complexity index is 910. The smallest absolute Gasteiger partial charge is 0.339 e. The van der Waals surface area contributed by atoms with E-state index < -0.39 is 40.5 Å². The minimum absolute atomic E-state index is 0.0888. The Labute approximate surface area is 144 Å². The van der Waals surface area contributed by atoms with Gasteiger partial charge < -0.3 is 15.2 Å². The van der Waals surface area contributed by atoms with Gasteiger partial charge in [0.05, 0.1) is 10.5 Å². The molecule has 0 radical (unpaired) electrons. The molecule has 0 unspecified atom stereocenters. The van der Waals surface area contributed by atoms with Crippen LogP contribution >= 0.6 is 11.6 Å². The van der Waals surface area contributed by atoms with Gasteiger partial charge in [0, 0.05) is 23.9 Å². The van der Waals surface area contributed by atoms with Crippen LogP contribution in [0.1, 0.15) is 10.4 Å². The number of hydrogen-bond acceptors (Lipinski definition) is 7. The van der Waals surface area contributed by atoms with Crippen molar-refractivity contribution in [3.63, 3.8) is 0 Å². The van der Waals surface area contributed by atoms with Crippen molar-refractivity contribution in [1.82, 2.24) is 4.98 Å². The highest BCUT2D eigenvalue weighted by molar-refractivity contribution is 6.32. The van der Waals surface area contributed by atoms with E-state index in [1.165, 1.54) is 12.1 Å². The number of aromatic nitrogens is 1. The maximum Gasteiger partial charge on any atom is 0.339 e. The molecular weight excluding hydrogens is 358 g/mol. The molecule has 0 atom stereocenters. The van der Waals surface area contributed by atoms with Gasteiger partial charge in [-0.05, 0) is 12.1 Å². The fourth-order valence-corrected chi connectivity index (χ4v) is 1.97. The molecule has 10 nitrogen and oxygen atoms in total. The third kappa shape index (κ3) is 4.78. The highest BCUT2D eigenvalue weighted by atomic mass is 35.5. The number of amides is 1.